The molecule has 1 amide bonds. The molecular formula is C23H30FN3O3S. The number of carbonyl (C=O) groups excluding carboxylic acids is 1. The molecular weight excluding hydrogens is 417 g/mol. The van der Waals surface area contributed by atoms with Gasteiger partial charge in [-0.25, -0.2) is 12.8 Å². The van der Waals surface area contributed by atoms with E-state index in [-0.39, 0.29) is 11.7 Å². The molecule has 31 heavy (non-hydrogen) atoms. The highest BCUT2D eigenvalue weighted by molar-refractivity contribution is 7.92. The Hall–Kier alpha value is -2.61. The summed E-state index contributed by atoms with van der Waals surface area (Å²) in [6, 6.07) is 11.1. The summed E-state index contributed by atoms with van der Waals surface area (Å²) in [4.78, 5) is 17.3. The number of sulfonamides is 1. The Morgan fingerprint density at radius 3 is 2.23 bits per heavy atom. The Kier molecular flexibility index (Phi) is 6.89. The number of anilines is 2. The van der Waals surface area contributed by atoms with Gasteiger partial charge in [-0.15, -0.1) is 0 Å². The maximum atomic E-state index is 13.4. The van der Waals surface area contributed by atoms with Crippen LogP contribution in [0.2, 0.25) is 0 Å². The smallest absolute Gasteiger partial charge is 0.246 e. The molecule has 0 radical (unpaired) electrons. The third-order valence-corrected chi connectivity index (χ3v) is 6.86. The number of rotatable bonds is 6. The highest BCUT2D eigenvalue weighted by Gasteiger charge is 2.36. The van der Waals surface area contributed by atoms with Crippen molar-refractivity contribution in [2.75, 3.05) is 41.6 Å². The van der Waals surface area contributed by atoms with E-state index < -0.39 is 16.1 Å². The normalized spacial score (nSPS) is 15.6. The largest absolute Gasteiger partial charge is 0.368 e. The zero-order valence-electron chi connectivity index (χ0n) is 18.5. The van der Waals surface area contributed by atoms with Gasteiger partial charge < -0.3 is 9.80 Å². The van der Waals surface area contributed by atoms with Crippen LogP contribution in [0.4, 0.5) is 15.8 Å². The average Bonchev–Trinajstić information content (AvgIpc) is 2.73. The third kappa shape index (κ3) is 5.18. The molecule has 1 aliphatic rings. The molecule has 0 bridgehead atoms. The molecule has 0 aliphatic carbocycles. The second kappa shape index (κ2) is 9.26. The Morgan fingerprint density at radius 2 is 1.68 bits per heavy atom. The number of aryl methyl sites for hydroxylation is 2. The highest BCUT2D eigenvalue weighted by atomic mass is 32.2. The fourth-order valence-electron chi connectivity index (χ4n) is 4.02. The molecule has 0 saturated carbocycles. The second-order valence-electron chi connectivity index (χ2n) is 8.06. The van der Waals surface area contributed by atoms with Gasteiger partial charge in [-0.2, -0.15) is 0 Å². The number of halogens is 1. The monoisotopic (exact) mass is 447 g/mol. The fourth-order valence-corrected chi connectivity index (χ4v) is 5.28. The lowest BCUT2D eigenvalue weighted by Gasteiger charge is -2.40. The molecule has 1 unspecified atom stereocenters. The van der Waals surface area contributed by atoms with E-state index in [1.165, 1.54) is 16.4 Å². The third-order valence-electron chi connectivity index (χ3n) is 5.70. The Bertz CT molecular complexity index is 1030. The van der Waals surface area contributed by atoms with Crippen LogP contribution in [0.25, 0.3) is 0 Å². The number of hydrogen-bond donors (Lipinski definition) is 0. The maximum absolute atomic E-state index is 13.4. The number of benzene rings is 2. The molecule has 1 atom stereocenters. The van der Waals surface area contributed by atoms with Crippen molar-refractivity contribution >= 4 is 27.3 Å². The summed E-state index contributed by atoms with van der Waals surface area (Å²) in [5, 5.41) is 0. The van der Waals surface area contributed by atoms with Gasteiger partial charge in [-0.3, -0.25) is 9.10 Å². The Labute approximate surface area is 184 Å². The topological polar surface area (TPSA) is 60.9 Å². The first-order chi connectivity index (χ1) is 14.6. The standard InChI is InChI=1S/C23H30FN3O3S/c1-5-21(27(31(4,29)30)22-16-17(2)6-7-18(22)3)23(28)26-14-12-25(13-15-26)20-10-8-19(24)9-11-20/h6-11,16,21H,5,12-15H2,1-4H3. The molecule has 0 N–H and O–H groups in total. The van der Waals surface area contributed by atoms with Crippen molar-refractivity contribution in [3.8, 4) is 0 Å². The first kappa shape index (κ1) is 23.1. The minimum atomic E-state index is -3.67. The number of hydrogen-bond acceptors (Lipinski definition) is 4. The Morgan fingerprint density at radius 1 is 1.06 bits per heavy atom. The first-order valence-electron chi connectivity index (χ1n) is 10.5. The van der Waals surface area contributed by atoms with Crippen LogP contribution < -0.4 is 9.21 Å². The Balaban J connectivity index is 1.81. The van der Waals surface area contributed by atoms with Crippen LogP contribution in [0, 0.1) is 19.7 Å². The van der Waals surface area contributed by atoms with Gasteiger partial charge in [-0.1, -0.05) is 19.1 Å². The van der Waals surface area contributed by atoms with Crippen molar-refractivity contribution in [3.05, 3.63) is 59.4 Å². The molecule has 8 heteroatoms. The van der Waals surface area contributed by atoms with Gasteiger partial charge in [0.1, 0.15) is 11.9 Å². The lowest BCUT2D eigenvalue weighted by atomic mass is 10.1. The predicted octanol–water partition coefficient (Wildman–Crippen LogP) is 3.34. The lowest BCUT2D eigenvalue weighted by Crippen LogP contribution is -2.56. The van der Waals surface area contributed by atoms with Gasteiger partial charge >= 0.3 is 0 Å². The van der Waals surface area contributed by atoms with E-state index >= 15 is 0 Å². The average molecular weight is 448 g/mol. The van der Waals surface area contributed by atoms with Crippen LogP contribution in [0.5, 0.6) is 0 Å². The number of amides is 1. The molecule has 1 saturated heterocycles. The summed E-state index contributed by atoms with van der Waals surface area (Å²) in [6.07, 6.45) is 1.52. The van der Waals surface area contributed by atoms with Crippen LogP contribution in [-0.2, 0) is 14.8 Å². The quantitative estimate of drug-likeness (QED) is 0.682. The van der Waals surface area contributed by atoms with E-state index in [4.69, 9.17) is 0 Å². The number of carbonyl (C=O) groups is 1. The summed E-state index contributed by atoms with van der Waals surface area (Å²) in [5.74, 6) is -0.469. The van der Waals surface area contributed by atoms with Crippen molar-refractivity contribution in [1.82, 2.24) is 4.90 Å². The van der Waals surface area contributed by atoms with Gasteiger partial charge in [-0.05, 0) is 61.7 Å². The van der Waals surface area contributed by atoms with Crippen LogP contribution in [0.3, 0.4) is 0 Å². The van der Waals surface area contributed by atoms with E-state index in [9.17, 15) is 17.6 Å². The van der Waals surface area contributed by atoms with Crippen LogP contribution >= 0.6 is 0 Å². The van der Waals surface area contributed by atoms with Crippen molar-refractivity contribution in [1.29, 1.82) is 0 Å². The highest BCUT2D eigenvalue weighted by Crippen LogP contribution is 2.28. The molecule has 0 spiro atoms. The molecule has 1 aliphatic heterocycles. The van der Waals surface area contributed by atoms with Crippen LogP contribution in [0.1, 0.15) is 24.5 Å². The van der Waals surface area contributed by atoms with Gasteiger partial charge in [0.15, 0.2) is 0 Å². The van der Waals surface area contributed by atoms with E-state index in [0.29, 0.717) is 38.3 Å². The SMILES string of the molecule is CCC(C(=O)N1CCN(c2ccc(F)cc2)CC1)N(c1cc(C)ccc1C)S(C)(=O)=O. The minimum Gasteiger partial charge on any atom is -0.368 e. The molecule has 3 rings (SSSR count). The van der Waals surface area contributed by atoms with E-state index in [0.717, 1.165) is 23.1 Å². The van der Waals surface area contributed by atoms with E-state index in [1.807, 2.05) is 39.0 Å². The van der Waals surface area contributed by atoms with Gasteiger partial charge in [0, 0.05) is 31.9 Å². The van der Waals surface area contributed by atoms with Gasteiger partial charge in [0.25, 0.3) is 0 Å². The molecule has 168 valence electrons. The van der Waals surface area contributed by atoms with Gasteiger partial charge in [0.2, 0.25) is 15.9 Å². The fraction of sp³-hybridized carbons (Fsp3) is 0.435. The minimum absolute atomic E-state index is 0.187. The summed E-state index contributed by atoms with van der Waals surface area (Å²) in [6.45, 7) is 7.77. The molecule has 2 aromatic carbocycles. The van der Waals surface area contributed by atoms with Crippen molar-refractivity contribution in [3.63, 3.8) is 0 Å². The number of nitrogens with zero attached hydrogens (tertiary/aromatic N) is 3. The molecule has 1 fully saturated rings. The van der Waals surface area contributed by atoms with E-state index in [2.05, 4.69) is 4.90 Å². The first-order valence-corrected chi connectivity index (χ1v) is 12.3. The van der Waals surface area contributed by atoms with Crippen LogP contribution in [0.15, 0.2) is 42.5 Å². The molecule has 1 heterocycles. The molecule has 2 aromatic rings. The zero-order chi connectivity index (χ0) is 22.8. The zero-order valence-corrected chi connectivity index (χ0v) is 19.3. The van der Waals surface area contributed by atoms with Crippen molar-refractivity contribution < 1.29 is 17.6 Å². The second-order valence-corrected chi connectivity index (χ2v) is 9.92. The summed E-state index contributed by atoms with van der Waals surface area (Å²) < 4.78 is 40.0. The van der Waals surface area contributed by atoms with Crippen molar-refractivity contribution in [2.24, 2.45) is 0 Å². The van der Waals surface area contributed by atoms with E-state index in [1.54, 1.807) is 17.0 Å². The molecule has 0 aromatic heterocycles. The lowest BCUT2D eigenvalue weighted by molar-refractivity contribution is -0.132. The summed E-state index contributed by atoms with van der Waals surface area (Å²) in [7, 11) is -3.67. The summed E-state index contributed by atoms with van der Waals surface area (Å²) in [5.41, 5.74) is 3.20. The molecule has 6 nitrogen and oxygen atoms in total. The predicted molar refractivity (Wildman–Crippen MR) is 123 cm³/mol. The van der Waals surface area contributed by atoms with Gasteiger partial charge in [0.05, 0.1) is 11.9 Å². The van der Waals surface area contributed by atoms with Crippen molar-refractivity contribution in [2.45, 2.75) is 33.2 Å². The van der Waals surface area contributed by atoms with Crippen LogP contribution in [-0.4, -0.2) is 57.7 Å². The summed E-state index contributed by atoms with van der Waals surface area (Å²) >= 11 is 0. The maximum Gasteiger partial charge on any atom is 0.246 e. The number of piperazine rings is 1.